The number of nitrogens with one attached hydrogen (secondary N) is 3. The van der Waals surface area contributed by atoms with Crippen molar-refractivity contribution in [3.05, 3.63) is 59.5 Å². The molecule has 1 heterocycles. The number of rotatable bonds is 8. The van der Waals surface area contributed by atoms with Gasteiger partial charge in [0.25, 0.3) is 5.91 Å². The lowest BCUT2D eigenvalue weighted by molar-refractivity contribution is -0.120. The highest BCUT2D eigenvalue weighted by Crippen LogP contribution is 2.07. The second-order valence-corrected chi connectivity index (χ2v) is 6.30. The molecule has 2 aromatic rings. The SMILES string of the molecule is CCNC(=NCc1ccc(C(=O)N(C)C)cc1)NCC(=O)NCc1ccco1.I. The minimum Gasteiger partial charge on any atom is -0.467 e. The lowest BCUT2D eigenvalue weighted by Gasteiger charge is -2.12. The molecule has 0 saturated carbocycles. The number of carbonyl (C=O) groups excluding carboxylic acids is 2. The number of furan rings is 1. The van der Waals surface area contributed by atoms with Gasteiger partial charge < -0.3 is 25.3 Å². The topological polar surface area (TPSA) is 99.0 Å². The number of carbonyl (C=O) groups is 2. The molecular formula is C20H28IN5O3. The first-order chi connectivity index (χ1) is 13.5. The van der Waals surface area contributed by atoms with Gasteiger partial charge in [-0.05, 0) is 36.8 Å². The third kappa shape index (κ3) is 8.55. The highest BCUT2D eigenvalue weighted by molar-refractivity contribution is 14.0. The Balaban J connectivity index is 0.00000420. The van der Waals surface area contributed by atoms with Gasteiger partial charge >= 0.3 is 0 Å². The summed E-state index contributed by atoms with van der Waals surface area (Å²) < 4.78 is 5.18. The van der Waals surface area contributed by atoms with E-state index in [-0.39, 0.29) is 42.3 Å². The Bertz CT molecular complexity index is 789. The van der Waals surface area contributed by atoms with E-state index in [1.54, 1.807) is 44.6 Å². The molecule has 0 saturated heterocycles. The summed E-state index contributed by atoms with van der Waals surface area (Å²) >= 11 is 0. The first-order valence-corrected chi connectivity index (χ1v) is 9.11. The first-order valence-electron chi connectivity index (χ1n) is 9.11. The fraction of sp³-hybridized carbons (Fsp3) is 0.350. The van der Waals surface area contributed by atoms with E-state index >= 15 is 0 Å². The lowest BCUT2D eigenvalue weighted by Crippen LogP contribution is -2.43. The zero-order valence-corrected chi connectivity index (χ0v) is 19.2. The molecule has 0 aliphatic heterocycles. The second-order valence-electron chi connectivity index (χ2n) is 6.30. The molecule has 29 heavy (non-hydrogen) atoms. The van der Waals surface area contributed by atoms with Crippen molar-refractivity contribution in [3.63, 3.8) is 0 Å². The van der Waals surface area contributed by atoms with Gasteiger partial charge in [-0.1, -0.05) is 12.1 Å². The van der Waals surface area contributed by atoms with Gasteiger partial charge in [0.1, 0.15) is 5.76 Å². The fourth-order valence-electron chi connectivity index (χ4n) is 2.35. The Morgan fingerprint density at radius 2 is 1.79 bits per heavy atom. The Hall–Kier alpha value is -2.56. The van der Waals surface area contributed by atoms with Gasteiger partial charge in [-0.3, -0.25) is 9.59 Å². The highest BCUT2D eigenvalue weighted by atomic mass is 127. The number of nitrogens with zero attached hydrogens (tertiary/aromatic N) is 2. The predicted molar refractivity (Wildman–Crippen MR) is 123 cm³/mol. The maximum Gasteiger partial charge on any atom is 0.253 e. The zero-order chi connectivity index (χ0) is 20.4. The summed E-state index contributed by atoms with van der Waals surface area (Å²) in [5.41, 5.74) is 1.60. The summed E-state index contributed by atoms with van der Waals surface area (Å²) in [5.74, 6) is 1.05. The average molecular weight is 513 g/mol. The van der Waals surface area contributed by atoms with Gasteiger partial charge in [-0.25, -0.2) is 4.99 Å². The Kier molecular flexibility index (Phi) is 10.8. The van der Waals surface area contributed by atoms with Crippen LogP contribution in [0.3, 0.4) is 0 Å². The molecule has 0 aliphatic carbocycles. The van der Waals surface area contributed by atoms with E-state index in [0.29, 0.717) is 36.9 Å². The molecule has 0 fully saturated rings. The van der Waals surface area contributed by atoms with E-state index < -0.39 is 0 Å². The molecule has 8 nitrogen and oxygen atoms in total. The maximum atomic E-state index is 11.9. The van der Waals surface area contributed by atoms with E-state index in [1.165, 1.54) is 4.90 Å². The number of benzene rings is 1. The van der Waals surface area contributed by atoms with E-state index in [2.05, 4.69) is 20.9 Å². The van der Waals surface area contributed by atoms with E-state index in [4.69, 9.17) is 4.42 Å². The Morgan fingerprint density at radius 1 is 1.07 bits per heavy atom. The molecule has 158 valence electrons. The van der Waals surface area contributed by atoms with Crippen LogP contribution in [0.5, 0.6) is 0 Å². The molecule has 0 bridgehead atoms. The van der Waals surface area contributed by atoms with Gasteiger partial charge in [-0.2, -0.15) is 0 Å². The summed E-state index contributed by atoms with van der Waals surface area (Å²) in [4.78, 5) is 29.9. The maximum absolute atomic E-state index is 11.9. The van der Waals surface area contributed by atoms with Crippen molar-refractivity contribution < 1.29 is 14.0 Å². The van der Waals surface area contributed by atoms with Crippen LogP contribution in [0.4, 0.5) is 0 Å². The van der Waals surface area contributed by atoms with Crippen molar-refractivity contribution in [2.45, 2.75) is 20.0 Å². The van der Waals surface area contributed by atoms with Gasteiger partial charge in [0, 0.05) is 26.2 Å². The summed E-state index contributed by atoms with van der Waals surface area (Å²) in [6.45, 7) is 3.51. The van der Waals surface area contributed by atoms with E-state index in [0.717, 1.165) is 5.56 Å². The smallest absolute Gasteiger partial charge is 0.253 e. The van der Waals surface area contributed by atoms with Crippen LogP contribution in [-0.2, 0) is 17.9 Å². The molecule has 2 rings (SSSR count). The van der Waals surface area contributed by atoms with Crippen LogP contribution in [0.15, 0.2) is 52.1 Å². The molecule has 0 aliphatic rings. The Morgan fingerprint density at radius 3 is 2.38 bits per heavy atom. The average Bonchev–Trinajstić information content (AvgIpc) is 3.22. The van der Waals surface area contributed by atoms with Crippen LogP contribution in [0, 0.1) is 0 Å². The summed E-state index contributed by atoms with van der Waals surface area (Å²) in [5, 5.41) is 8.87. The Labute approximate surface area is 188 Å². The number of amides is 2. The molecule has 0 spiro atoms. The number of aliphatic imine (C=N–C) groups is 1. The molecule has 0 atom stereocenters. The van der Waals surface area contributed by atoms with Crippen LogP contribution >= 0.6 is 24.0 Å². The third-order valence-corrected chi connectivity index (χ3v) is 3.83. The van der Waals surface area contributed by atoms with Crippen molar-refractivity contribution in [1.82, 2.24) is 20.9 Å². The van der Waals surface area contributed by atoms with E-state index in [1.807, 2.05) is 19.1 Å². The molecular weight excluding hydrogens is 485 g/mol. The highest BCUT2D eigenvalue weighted by Gasteiger charge is 2.08. The first kappa shape index (κ1) is 24.5. The van der Waals surface area contributed by atoms with Crippen LogP contribution in [0.1, 0.15) is 28.6 Å². The van der Waals surface area contributed by atoms with Gasteiger partial charge in [-0.15, -0.1) is 24.0 Å². The molecule has 2 amide bonds. The van der Waals surface area contributed by atoms with Crippen LogP contribution in [0.25, 0.3) is 0 Å². The minimum atomic E-state index is -0.159. The van der Waals surface area contributed by atoms with E-state index in [9.17, 15) is 9.59 Å². The summed E-state index contributed by atoms with van der Waals surface area (Å²) in [7, 11) is 3.44. The summed E-state index contributed by atoms with van der Waals surface area (Å²) in [6.07, 6.45) is 1.57. The molecule has 1 aromatic heterocycles. The van der Waals surface area contributed by atoms with Crippen molar-refractivity contribution in [1.29, 1.82) is 0 Å². The largest absolute Gasteiger partial charge is 0.467 e. The van der Waals surface area contributed by atoms with Gasteiger partial charge in [0.15, 0.2) is 5.96 Å². The minimum absolute atomic E-state index is 0. The monoisotopic (exact) mass is 513 g/mol. The predicted octanol–water partition coefficient (Wildman–Crippen LogP) is 1.97. The molecule has 0 radical (unpaired) electrons. The summed E-state index contributed by atoms with van der Waals surface area (Å²) in [6, 6.07) is 10.9. The van der Waals surface area contributed by atoms with Crippen LogP contribution in [0.2, 0.25) is 0 Å². The number of hydrogen-bond acceptors (Lipinski definition) is 4. The van der Waals surface area contributed by atoms with Crippen molar-refractivity contribution in [2.75, 3.05) is 27.2 Å². The molecule has 1 aromatic carbocycles. The van der Waals surface area contributed by atoms with Crippen LogP contribution < -0.4 is 16.0 Å². The third-order valence-electron chi connectivity index (χ3n) is 3.83. The zero-order valence-electron chi connectivity index (χ0n) is 16.9. The number of hydrogen-bond donors (Lipinski definition) is 3. The molecule has 0 unspecified atom stereocenters. The van der Waals surface area contributed by atoms with Crippen molar-refractivity contribution >= 4 is 41.8 Å². The number of halogens is 1. The van der Waals surface area contributed by atoms with Crippen LogP contribution in [-0.4, -0.2) is 49.9 Å². The number of guanidine groups is 1. The quantitative estimate of drug-likeness (QED) is 0.285. The molecule has 9 heteroatoms. The van der Waals surface area contributed by atoms with Gasteiger partial charge in [0.2, 0.25) is 5.91 Å². The molecule has 3 N–H and O–H groups in total. The fourth-order valence-corrected chi connectivity index (χ4v) is 2.35. The normalized spacial score (nSPS) is 10.7. The van der Waals surface area contributed by atoms with Crippen molar-refractivity contribution in [2.24, 2.45) is 4.99 Å². The lowest BCUT2D eigenvalue weighted by atomic mass is 10.1. The van der Waals surface area contributed by atoms with Crippen molar-refractivity contribution in [3.8, 4) is 0 Å². The standard InChI is InChI=1S/C20H27N5O3.HI/c1-4-21-20(24-14-18(26)22-13-17-6-5-11-28-17)23-12-15-7-9-16(10-8-15)19(27)25(2)3;/h5-11H,4,12-14H2,1-3H3,(H,22,26)(H2,21,23,24);1H. The second kappa shape index (κ2) is 12.8. The van der Waals surface area contributed by atoms with Gasteiger partial charge in [0.05, 0.1) is 25.9 Å².